The molecule has 2 aromatic carbocycles. The number of allylic oxidation sites excluding steroid dienone is 1. The number of ether oxygens (including phenoxy) is 1. The van der Waals surface area contributed by atoms with E-state index >= 15 is 0 Å². The second kappa shape index (κ2) is 4.79. The van der Waals surface area contributed by atoms with Gasteiger partial charge in [-0.05, 0) is 40.8 Å². The van der Waals surface area contributed by atoms with E-state index in [1.165, 1.54) is 29.5 Å². The molecule has 4 rings (SSSR count). The molecule has 0 spiro atoms. The van der Waals surface area contributed by atoms with E-state index in [0.29, 0.717) is 5.57 Å². The van der Waals surface area contributed by atoms with Crippen molar-refractivity contribution in [2.75, 3.05) is 7.11 Å². The molecule has 0 bridgehead atoms. The molecular weight excluding hydrogens is 288 g/mol. The van der Waals surface area contributed by atoms with Crippen molar-refractivity contribution < 1.29 is 14.3 Å². The summed E-state index contributed by atoms with van der Waals surface area (Å²) < 4.78 is 4.92. The average molecular weight is 306 g/mol. The van der Waals surface area contributed by atoms with Crippen molar-refractivity contribution in [1.82, 2.24) is 0 Å². The van der Waals surface area contributed by atoms with Crippen LogP contribution in [-0.2, 0) is 20.7 Å². The lowest BCUT2D eigenvalue weighted by Crippen LogP contribution is -2.35. The first kappa shape index (κ1) is 14.2. The monoisotopic (exact) mass is 306 g/mol. The van der Waals surface area contributed by atoms with Crippen molar-refractivity contribution >= 4 is 22.5 Å². The van der Waals surface area contributed by atoms with Gasteiger partial charge in [0, 0.05) is 16.9 Å². The van der Waals surface area contributed by atoms with Crippen molar-refractivity contribution in [1.29, 1.82) is 0 Å². The van der Waals surface area contributed by atoms with Gasteiger partial charge in [0.25, 0.3) is 0 Å². The van der Waals surface area contributed by atoms with Gasteiger partial charge in [-0.25, -0.2) is 4.79 Å². The van der Waals surface area contributed by atoms with Crippen LogP contribution in [0.5, 0.6) is 0 Å². The summed E-state index contributed by atoms with van der Waals surface area (Å²) in [5.74, 6) is -0.550. The van der Waals surface area contributed by atoms with Gasteiger partial charge in [-0.1, -0.05) is 43.3 Å². The molecule has 23 heavy (non-hydrogen) atoms. The standard InChI is InChI=1S/C20H18O3/c1-20-10-9-14-13-6-4-3-5-12(13)7-8-15(14)18(20)16(11-17(20)21)19(22)23-2/h3-8,11,18H,9-10H2,1-2H3/t18-,20-/m1/s1. The molecule has 0 fully saturated rings. The summed E-state index contributed by atoms with van der Waals surface area (Å²) in [7, 11) is 1.37. The Morgan fingerprint density at radius 2 is 2.00 bits per heavy atom. The number of carbonyl (C=O) groups excluding carboxylic acids is 2. The first-order valence-electron chi connectivity index (χ1n) is 7.91. The van der Waals surface area contributed by atoms with Crippen molar-refractivity contribution in [2.24, 2.45) is 5.41 Å². The lowest BCUT2D eigenvalue weighted by Gasteiger charge is -2.38. The number of hydrogen-bond acceptors (Lipinski definition) is 3. The number of esters is 1. The number of fused-ring (bicyclic) bond motifs is 5. The van der Waals surface area contributed by atoms with E-state index in [1.54, 1.807) is 0 Å². The number of benzene rings is 2. The van der Waals surface area contributed by atoms with Crippen LogP contribution in [0.25, 0.3) is 10.8 Å². The maximum absolute atomic E-state index is 12.6. The predicted molar refractivity (Wildman–Crippen MR) is 88.2 cm³/mol. The molecule has 2 aromatic rings. The van der Waals surface area contributed by atoms with Crippen LogP contribution in [0.3, 0.4) is 0 Å². The van der Waals surface area contributed by atoms with Gasteiger partial charge in [0.2, 0.25) is 0 Å². The highest BCUT2D eigenvalue weighted by atomic mass is 16.5. The van der Waals surface area contributed by atoms with E-state index in [0.717, 1.165) is 18.4 Å². The molecule has 0 aromatic heterocycles. The van der Waals surface area contributed by atoms with Gasteiger partial charge in [-0.2, -0.15) is 0 Å². The smallest absolute Gasteiger partial charge is 0.334 e. The van der Waals surface area contributed by atoms with Gasteiger partial charge in [0.1, 0.15) is 0 Å². The second-order valence-electron chi connectivity index (χ2n) is 6.66. The lowest BCUT2D eigenvalue weighted by atomic mass is 9.64. The Labute approximate surface area is 134 Å². The summed E-state index contributed by atoms with van der Waals surface area (Å²) in [4.78, 5) is 24.7. The Morgan fingerprint density at radius 1 is 1.22 bits per heavy atom. The van der Waals surface area contributed by atoms with Crippen LogP contribution in [0.2, 0.25) is 0 Å². The Kier molecular flexibility index (Phi) is 2.95. The van der Waals surface area contributed by atoms with Gasteiger partial charge >= 0.3 is 5.97 Å². The minimum Gasteiger partial charge on any atom is -0.466 e. The third-order valence-electron chi connectivity index (χ3n) is 5.50. The van der Waals surface area contributed by atoms with Crippen LogP contribution in [0.15, 0.2) is 48.0 Å². The van der Waals surface area contributed by atoms with Crippen LogP contribution < -0.4 is 0 Å². The molecule has 2 aliphatic rings. The molecule has 0 aliphatic heterocycles. The summed E-state index contributed by atoms with van der Waals surface area (Å²) in [6, 6.07) is 12.4. The van der Waals surface area contributed by atoms with Gasteiger partial charge in [-0.3, -0.25) is 4.79 Å². The van der Waals surface area contributed by atoms with Crippen molar-refractivity contribution in [2.45, 2.75) is 25.7 Å². The fourth-order valence-corrected chi connectivity index (χ4v) is 4.23. The van der Waals surface area contributed by atoms with Gasteiger partial charge < -0.3 is 4.74 Å². The second-order valence-corrected chi connectivity index (χ2v) is 6.66. The first-order chi connectivity index (χ1) is 11.1. The van der Waals surface area contributed by atoms with Crippen LogP contribution in [0.4, 0.5) is 0 Å². The summed E-state index contributed by atoms with van der Waals surface area (Å²) in [5.41, 5.74) is 2.32. The molecule has 0 N–H and O–H groups in total. The van der Waals surface area contributed by atoms with Crippen molar-refractivity contribution in [3.63, 3.8) is 0 Å². The van der Waals surface area contributed by atoms with Crippen LogP contribution in [-0.4, -0.2) is 18.9 Å². The normalized spacial score (nSPS) is 25.7. The molecule has 2 aliphatic carbocycles. The Bertz CT molecular complexity index is 878. The van der Waals surface area contributed by atoms with E-state index < -0.39 is 11.4 Å². The maximum atomic E-state index is 12.6. The summed E-state index contributed by atoms with van der Waals surface area (Å²) in [5, 5.41) is 2.42. The fourth-order valence-electron chi connectivity index (χ4n) is 4.23. The quantitative estimate of drug-likeness (QED) is 0.757. The lowest BCUT2D eigenvalue weighted by molar-refractivity contribution is -0.136. The third kappa shape index (κ3) is 1.83. The summed E-state index contributed by atoms with van der Waals surface area (Å²) >= 11 is 0. The largest absolute Gasteiger partial charge is 0.466 e. The fraction of sp³-hybridized carbons (Fsp3) is 0.300. The molecular formula is C20H18O3. The van der Waals surface area contributed by atoms with Gasteiger partial charge in [-0.15, -0.1) is 0 Å². The zero-order valence-corrected chi connectivity index (χ0v) is 13.3. The average Bonchev–Trinajstić information content (AvgIpc) is 2.85. The SMILES string of the molecule is COC(=O)C1=CC(=O)[C@@]2(C)CCc3c(ccc4ccccc34)[C@H]12. The minimum absolute atomic E-state index is 0.0432. The first-order valence-corrected chi connectivity index (χ1v) is 7.91. The molecule has 116 valence electrons. The number of methoxy groups -OCH3 is 1. The van der Waals surface area contributed by atoms with E-state index in [9.17, 15) is 9.59 Å². The van der Waals surface area contributed by atoms with Crippen LogP contribution >= 0.6 is 0 Å². The Hall–Kier alpha value is -2.42. The Morgan fingerprint density at radius 3 is 2.78 bits per heavy atom. The van der Waals surface area contributed by atoms with Crippen LogP contribution in [0, 0.1) is 5.41 Å². The molecule has 0 radical (unpaired) electrons. The number of aryl methyl sites for hydroxylation is 1. The van der Waals surface area contributed by atoms with Crippen molar-refractivity contribution in [3.8, 4) is 0 Å². The molecule has 3 heteroatoms. The Balaban J connectivity index is 1.96. The van der Waals surface area contributed by atoms with E-state index in [4.69, 9.17) is 4.74 Å². The number of carbonyl (C=O) groups is 2. The third-order valence-corrected chi connectivity index (χ3v) is 5.50. The van der Waals surface area contributed by atoms with Gasteiger partial charge in [0.05, 0.1) is 7.11 Å². The number of rotatable bonds is 1. The zero-order valence-electron chi connectivity index (χ0n) is 13.3. The topological polar surface area (TPSA) is 43.4 Å². The number of ketones is 1. The maximum Gasteiger partial charge on any atom is 0.334 e. The molecule has 0 heterocycles. The van der Waals surface area contributed by atoms with E-state index in [-0.39, 0.29) is 11.7 Å². The molecule has 0 amide bonds. The summed E-state index contributed by atoms with van der Waals surface area (Å²) in [6.07, 6.45) is 3.12. The van der Waals surface area contributed by atoms with Crippen molar-refractivity contribution in [3.05, 3.63) is 59.2 Å². The van der Waals surface area contributed by atoms with E-state index in [1.807, 2.05) is 19.1 Å². The highest BCUT2D eigenvalue weighted by Gasteiger charge is 2.52. The highest BCUT2D eigenvalue weighted by Crippen LogP contribution is 2.54. The van der Waals surface area contributed by atoms with Gasteiger partial charge in [0.15, 0.2) is 5.78 Å². The number of hydrogen-bond donors (Lipinski definition) is 0. The molecule has 0 saturated heterocycles. The molecule has 3 nitrogen and oxygen atoms in total. The minimum atomic E-state index is -0.529. The molecule has 2 atom stereocenters. The predicted octanol–water partition coefficient (Wildman–Crippen LogP) is 3.56. The summed E-state index contributed by atoms with van der Waals surface area (Å²) in [6.45, 7) is 1.98. The zero-order chi connectivity index (χ0) is 16.2. The van der Waals surface area contributed by atoms with E-state index in [2.05, 4.69) is 24.3 Å². The van der Waals surface area contributed by atoms with Crippen LogP contribution in [0.1, 0.15) is 30.4 Å². The molecule has 0 saturated carbocycles. The molecule has 0 unspecified atom stereocenters. The highest BCUT2D eigenvalue weighted by molar-refractivity contribution is 6.09.